The standard InChI is InChI=1S/C19H20N4O2/c24-19(21-14-6-4-10-20-13-14)17-12-16(18-9-5-11-25-18)22-23(17)15-7-2-1-3-8-15/h1-3,5,7-9,11-12,14,20H,4,6,10,13H2,(H,21,24). The minimum absolute atomic E-state index is 0.122. The average molecular weight is 336 g/mol. The van der Waals surface area contributed by atoms with Crippen LogP contribution in [-0.4, -0.2) is 34.8 Å². The molecule has 1 atom stereocenters. The van der Waals surface area contributed by atoms with Crippen LogP contribution in [0.2, 0.25) is 0 Å². The lowest BCUT2D eigenvalue weighted by molar-refractivity contribution is 0.0923. The van der Waals surface area contributed by atoms with Crippen molar-refractivity contribution in [2.45, 2.75) is 18.9 Å². The van der Waals surface area contributed by atoms with Gasteiger partial charge in [-0.3, -0.25) is 4.79 Å². The van der Waals surface area contributed by atoms with Crippen molar-refractivity contribution in [3.05, 3.63) is 60.5 Å². The van der Waals surface area contributed by atoms with Gasteiger partial charge in [-0.15, -0.1) is 0 Å². The van der Waals surface area contributed by atoms with Crippen LogP contribution in [0, 0.1) is 0 Å². The zero-order chi connectivity index (χ0) is 17.1. The maximum absolute atomic E-state index is 12.9. The predicted octanol–water partition coefficient (Wildman–Crippen LogP) is 2.61. The Balaban J connectivity index is 1.68. The van der Waals surface area contributed by atoms with Gasteiger partial charge in [0.1, 0.15) is 11.4 Å². The summed E-state index contributed by atoms with van der Waals surface area (Å²) >= 11 is 0. The molecular formula is C19H20N4O2. The van der Waals surface area contributed by atoms with Crippen molar-refractivity contribution < 1.29 is 9.21 Å². The number of nitrogens with one attached hydrogen (secondary N) is 2. The van der Waals surface area contributed by atoms with Crippen molar-refractivity contribution in [3.8, 4) is 17.1 Å². The molecule has 0 bridgehead atoms. The number of para-hydroxylation sites is 1. The van der Waals surface area contributed by atoms with Gasteiger partial charge in [0, 0.05) is 18.7 Å². The van der Waals surface area contributed by atoms with Crippen molar-refractivity contribution in [2.75, 3.05) is 13.1 Å². The minimum Gasteiger partial charge on any atom is -0.463 e. The molecule has 128 valence electrons. The molecule has 0 spiro atoms. The van der Waals surface area contributed by atoms with Crippen molar-refractivity contribution >= 4 is 5.91 Å². The summed E-state index contributed by atoms with van der Waals surface area (Å²) in [6.07, 6.45) is 3.66. The maximum Gasteiger partial charge on any atom is 0.270 e. The highest BCUT2D eigenvalue weighted by Crippen LogP contribution is 2.22. The summed E-state index contributed by atoms with van der Waals surface area (Å²) in [5, 5.41) is 11.0. The lowest BCUT2D eigenvalue weighted by Crippen LogP contribution is -2.46. The molecular weight excluding hydrogens is 316 g/mol. The summed E-state index contributed by atoms with van der Waals surface area (Å²) in [5.74, 6) is 0.519. The predicted molar refractivity (Wildman–Crippen MR) is 94.6 cm³/mol. The highest BCUT2D eigenvalue weighted by atomic mass is 16.3. The number of hydrogen-bond donors (Lipinski definition) is 2. The van der Waals surface area contributed by atoms with Crippen LogP contribution >= 0.6 is 0 Å². The number of rotatable bonds is 4. The molecule has 1 amide bonds. The SMILES string of the molecule is O=C(NC1CCCNC1)c1cc(-c2ccco2)nn1-c1ccccc1. The van der Waals surface area contributed by atoms with Gasteiger partial charge in [0.15, 0.2) is 5.76 Å². The summed E-state index contributed by atoms with van der Waals surface area (Å²) in [6.45, 7) is 1.81. The van der Waals surface area contributed by atoms with Gasteiger partial charge in [-0.2, -0.15) is 5.10 Å². The topological polar surface area (TPSA) is 72.1 Å². The second-order valence-corrected chi connectivity index (χ2v) is 6.16. The fourth-order valence-corrected chi connectivity index (χ4v) is 3.09. The Kier molecular flexibility index (Phi) is 4.35. The number of hydrogen-bond acceptors (Lipinski definition) is 4. The highest BCUT2D eigenvalue weighted by Gasteiger charge is 2.22. The first-order valence-corrected chi connectivity index (χ1v) is 8.52. The molecule has 6 heteroatoms. The molecule has 1 aromatic carbocycles. The van der Waals surface area contributed by atoms with E-state index in [0.29, 0.717) is 17.1 Å². The number of benzene rings is 1. The third kappa shape index (κ3) is 3.34. The third-order valence-corrected chi connectivity index (χ3v) is 4.35. The summed E-state index contributed by atoms with van der Waals surface area (Å²) in [7, 11) is 0. The van der Waals surface area contributed by atoms with Gasteiger partial charge in [-0.1, -0.05) is 18.2 Å². The maximum atomic E-state index is 12.9. The fraction of sp³-hybridized carbons (Fsp3) is 0.263. The Morgan fingerprint density at radius 2 is 2.12 bits per heavy atom. The Hall–Kier alpha value is -2.86. The Morgan fingerprint density at radius 3 is 2.84 bits per heavy atom. The fourth-order valence-electron chi connectivity index (χ4n) is 3.09. The second kappa shape index (κ2) is 6.94. The van der Waals surface area contributed by atoms with E-state index in [9.17, 15) is 4.79 Å². The number of carbonyl (C=O) groups is 1. The van der Waals surface area contributed by atoms with E-state index in [1.165, 1.54) is 0 Å². The zero-order valence-electron chi connectivity index (χ0n) is 13.8. The zero-order valence-corrected chi connectivity index (χ0v) is 13.8. The molecule has 1 saturated heterocycles. The lowest BCUT2D eigenvalue weighted by Gasteiger charge is -2.23. The van der Waals surface area contributed by atoms with Crippen molar-refractivity contribution in [1.29, 1.82) is 0 Å². The van der Waals surface area contributed by atoms with E-state index in [0.717, 1.165) is 31.6 Å². The van der Waals surface area contributed by atoms with Crippen LogP contribution in [0.1, 0.15) is 23.3 Å². The molecule has 3 aromatic rings. The van der Waals surface area contributed by atoms with Crippen LogP contribution in [0.5, 0.6) is 0 Å². The number of amides is 1. The summed E-state index contributed by atoms with van der Waals surface area (Å²) < 4.78 is 7.11. The molecule has 0 saturated carbocycles. The van der Waals surface area contributed by atoms with Gasteiger partial charge >= 0.3 is 0 Å². The third-order valence-electron chi connectivity index (χ3n) is 4.35. The molecule has 0 radical (unpaired) electrons. The van der Waals surface area contributed by atoms with Gasteiger partial charge < -0.3 is 15.1 Å². The van der Waals surface area contributed by atoms with Crippen LogP contribution in [0.25, 0.3) is 17.1 Å². The van der Waals surface area contributed by atoms with Crippen LogP contribution < -0.4 is 10.6 Å². The van der Waals surface area contributed by atoms with E-state index in [4.69, 9.17) is 4.42 Å². The molecule has 2 N–H and O–H groups in total. The first-order chi connectivity index (χ1) is 12.3. The van der Waals surface area contributed by atoms with Crippen LogP contribution in [0.4, 0.5) is 0 Å². The van der Waals surface area contributed by atoms with E-state index in [2.05, 4.69) is 15.7 Å². The molecule has 6 nitrogen and oxygen atoms in total. The summed E-state index contributed by atoms with van der Waals surface area (Å²) in [6, 6.07) is 15.2. The number of carbonyl (C=O) groups excluding carboxylic acids is 1. The van der Waals surface area contributed by atoms with Crippen molar-refractivity contribution in [1.82, 2.24) is 20.4 Å². The molecule has 1 unspecified atom stereocenters. The van der Waals surface area contributed by atoms with Gasteiger partial charge in [0.2, 0.25) is 0 Å². The average Bonchev–Trinajstić information content (AvgIpc) is 3.33. The van der Waals surface area contributed by atoms with Gasteiger partial charge in [0.05, 0.1) is 12.0 Å². The molecule has 1 aliphatic heterocycles. The molecule has 25 heavy (non-hydrogen) atoms. The van der Waals surface area contributed by atoms with E-state index in [-0.39, 0.29) is 11.9 Å². The van der Waals surface area contributed by atoms with Crippen molar-refractivity contribution in [3.63, 3.8) is 0 Å². The van der Waals surface area contributed by atoms with Gasteiger partial charge in [0.25, 0.3) is 5.91 Å². The van der Waals surface area contributed by atoms with Gasteiger partial charge in [-0.05, 0) is 43.7 Å². The van der Waals surface area contributed by atoms with Crippen molar-refractivity contribution in [2.24, 2.45) is 0 Å². The molecule has 1 fully saturated rings. The normalized spacial score (nSPS) is 17.4. The molecule has 2 aromatic heterocycles. The lowest BCUT2D eigenvalue weighted by atomic mass is 10.1. The first-order valence-electron chi connectivity index (χ1n) is 8.52. The highest BCUT2D eigenvalue weighted by molar-refractivity contribution is 5.94. The van der Waals surface area contributed by atoms with E-state index >= 15 is 0 Å². The van der Waals surface area contributed by atoms with E-state index in [1.807, 2.05) is 42.5 Å². The summed E-state index contributed by atoms with van der Waals surface area (Å²) in [5.41, 5.74) is 1.98. The van der Waals surface area contributed by atoms with Crippen LogP contribution in [-0.2, 0) is 0 Å². The smallest absolute Gasteiger partial charge is 0.270 e. The Labute approximate surface area is 145 Å². The first kappa shape index (κ1) is 15.7. The second-order valence-electron chi connectivity index (χ2n) is 6.16. The Bertz CT molecular complexity index is 834. The summed E-state index contributed by atoms with van der Waals surface area (Å²) in [4.78, 5) is 12.9. The molecule has 3 heterocycles. The number of nitrogens with zero attached hydrogens (tertiary/aromatic N) is 2. The number of aromatic nitrogens is 2. The minimum atomic E-state index is -0.122. The van der Waals surface area contributed by atoms with Gasteiger partial charge in [-0.25, -0.2) is 4.68 Å². The number of piperidine rings is 1. The van der Waals surface area contributed by atoms with E-state index in [1.54, 1.807) is 17.0 Å². The van der Waals surface area contributed by atoms with E-state index < -0.39 is 0 Å². The van der Waals surface area contributed by atoms with Crippen LogP contribution in [0.3, 0.4) is 0 Å². The molecule has 0 aliphatic carbocycles. The molecule has 1 aliphatic rings. The number of furan rings is 1. The van der Waals surface area contributed by atoms with Crippen LogP contribution in [0.15, 0.2) is 59.2 Å². The monoisotopic (exact) mass is 336 g/mol. The largest absolute Gasteiger partial charge is 0.463 e. The quantitative estimate of drug-likeness (QED) is 0.768. The Morgan fingerprint density at radius 1 is 1.24 bits per heavy atom. The molecule has 4 rings (SSSR count).